The monoisotopic (exact) mass is 180 g/mol. The van der Waals surface area contributed by atoms with Gasteiger partial charge in [0.2, 0.25) is 0 Å². The minimum absolute atomic E-state index is 0.609. The Morgan fingerprint density at radius 3 is 2.33 bits per heavy atom. The van der Waals surface area contributed by atoms with Crippen molar-refractivity contribution in [1.29, 1.82) is 0 Å². The maximum absolute atomic E-state index is 5.74. The Balaban J connectivity index is 2.78. The quantitative estimate of drug-likeness (QED) is 0.663. The minimum atomic E-state index is 0.609. The van der Waals surface area contributed by atoms with Gasteiger partial charge in [-0.3, -0.25) is 0 Å². The number of hydrogen-bond acceptors (Lipinski definition) is 0. The highest BCUT2D eigenvalue weighted by molar-refractivity contribution is 6.48. The van der Waals surface area contributed by atoms with E-state index >= 15 is 0 Å². The minimum Gasteiger partial charge on any atom is -0.0843 e. The predicted octanol–water partition coefficient (Wildman–Crippen LogP) is 3.85. The van der Waals surface area contributed by atoms with Gasteiger partial charge in [-0.1, -0.05) is 55.8 Å². The van der Waals surface area contributed by atoms with E-state index in [2.05, 4.69) is 25.6 Å². The van der Waals surface area contributed by atoms with E-state index in [4.69, 9.17) is 11.6 Å². The van der Waals surface area contributed by atoms with E-state index in [1.165, 1.54) is 12.0 Å². The molecule has 1 heteroatoms. The molecule has 1 rings (SSSR count). The first-order valence-electron chi connectivity index (χ1n) is 4.17. The normalized spacial score (nSPS) is 9.83. The van der Waals surface area contributed by atoms with Crippen molar-refractivity contribution in [2.45, 2.75) is 19.8 Å². The molecule has 0 bridgehead atoms. The molecule has 0 radical (unpaired) electrons. The molecule has 0 fully saturated rings. The first kappa shape index (κ1) is 9.34. The van der Waals surface area contributed by atoms with Gasteiger partial charge in [-0.25, -0.2) is 0 Å². The third kappa shape index (κ3) is 2.38. The van der Waals surface area contributed by atoms with Crippen LogP contribution in [0.2, 0.25) is 0 Å². The van der Waals surface area contributed by atoms with Crippen LogP contribution < -0.4 is 0 Å². The maximum atomic E-state index is 5.74. The first-order chi connectivity index (χ1) is 5.74. The fourth-order valence-electron chi connectivity index (χ4n) is 1.14. The van der Waals surface area contributed by atoms with E-state index < -0.39 is 0 Å². The van der Waals surface area contributed by atoms with Crippen molar-refractivity contribution in [2.75, 3.05) is 0 Å². The van der Waals surface area contributed by atoms with Crippen LogP contribution in [-0.4, -0.2) is 0 Å². The Labute approximate surface area is 78.9 Å². The van der Waals surface area contributed by atoms with Crippen LogP contribution in [0, 0.1) is 0 Å². The van der Waals surface area contributed by atoms with Gasteiger partial charge in [0.25, 0.3) is 0 Å². The van der Waals surface area contributed by atoms with Crippen LogP contribution in [-0.2, 0) is 6.42 Å². The number of hydrogen-bond donors (Lipinski definition) is 0. The lowest BCUT2D eigenvalue weighted by atomic mass is 10.1. The number of rotatable bonds is 3. The molecule has 0 amide bonds. The van der Waals surface area contributed by atoms with E-state index in [0.29, 0.717) is 5.03 Å². The molecule has 0 atom stereocenters. The van der Waals surface area contributed by atoms with Gasteiger partial charge in [0.05, 0.1) is 0 Å². The van der Waals surface area contributed by atoms with Gasteiger partial charge in [0.15, 0.2) is 0 Å². The molecular formula is C11H13Cl. The molecule has 0 aliphatic carbocycles. The zero-order valence-electron chi connectivity index (χ0n) is 7.31. The number of aryl methyl sites for hydroxylation is 1. The topological polar surface area (TPSA) is 0 Å². The van der Waals surface area contributed by atoms with E-state index in [-0.39, 0.29) is 0 Å². The van der Waals surface area contributed by atoms with Crippen LogP contribution in [0.5, 0.6) is 0 Å². The molecule has 0 heterocycles. The molecule has 0 nitrogen and oxygen atoms in total. The molecule has 0 saturated heterocycles. The molecule has 0 aliphatic heterocycles. The van der Waals surface area contributed by atoms with Gasteiger partial charge in [0.1, 0.15) is 0 Å². The highest BCUT2D eigenvalue weighted by atomic mass is 35.5. The summed E-state index contributed by atoms with van der Waals surface area (Å²) in [7, 11) is 0. The molecule has 0 saturated carbocycles. The van der Waals surface area contributed by atoms with Gasteiger partial charge >= 0.3 is 0 Å². The molecule has 1 aromatic rings. The van der Waals surface area contributed by atoms with Gasteiger partial charge in [0, 0.05) is 5.03 Å². The number of halogens is 1. The summed E-state index contributed by atoms with van der Waals surface area (Å²) in [6, 6.07) is 8.24. The molecule has 0 unspecified atom stereocenters. The van der Waals surface area contributed by atoms with Gasteiger partial charge in [-0.05, 0) is 17.5 Å². The van der Waals surface area contributed by atoms with Crippen molar-refractivity contribution in [3.05, 3.63) is 42.0 Å². The maximum Gasteiger partial charge on any atom is 0.0406 e. The largest absolute Gasteiger partial charge is 0.0843 e. The average Bonchev–Trinajstić information content (AvgIpc) is 2.06. The third-order valence-corrected chi connectivity index (χ3v) is 2.02. The smallest absolute Gasteiger partial charge is 0.0406 e. The summed E-state index contributed by atoms with van der Waals surface area (Å²) < 4.78 is 0. The van der Waals surface area contributed by atoms with Crippen molar-refractivity contribution in [1.82, 2.24) is 0 Å². The Bertz CT molecular complexity index is 259. The van der Waals surface area contributed by atoms with Crippen molar-refractivity contribution in [2.24, 2.45) is 0 Å². The van der Waals surface area contributed by atoms with Crippen LogP contribution in [0.4, 0.5) is 0 Å². The molecule has 1 aromatic carbocycles. The molecule has 0 aliphatic rings. The van der Waals surface area contributed by atoms with Crippen LogP contribution >= 0.6 is 11.6 Å². The summed E-state index contributed by atoms with van der Waals surface area (Å²) in [4.78, 5) is 0. The standard InChI is InChI=1S/C11H13Cl/c1-3-4-10-5-7-11(8-6-10)9(2)12/h5-8H,2-4H2,1H3. The van der Waals surface area contributed by atoms with Gasteiger partial charge in [-0.15, -0.1) is 0 Å². The lowest BCUT2D eigenvalue weighted by molar-refractivity contribution is 0.922. The molecule has 12 heavy (non-hydrogen) atoms. The summed E-state index contributed by atoms with van der Waals surface area (Å²) in [5, 5.41) is 0.609. The summed E-state index contributed by atoms with van der Waals surface area (Å²) >= 11 is 5.74. The van der Waals surface area contributed by atoms with E-state index in [9.17, 15) is 0 Å². The van der Waals surface area contributed by atoms with Crippen molar-refractivity contribution in [3.8, 4) is 0 Å². The highest BCUT2D eigenvalue weighted by Crippen LogP contribution is 2.16. The fraction of sp³-hybridized carbons (Fsp3) is 0.273. The Kier molecular flexibility index (Phi) is 3.36. The van der Waals surface area contributed by atoms with E-state index in [1.807, 2.05) is 12.1 Å². The molecule has 0 aromatic heterocycles. The number of benzene rings is 1. The summed E-state index contributed by atoms with van der Waals surface area (Å²) in [6.45, 7) is 5.84. The highest BCUT2D eigenvalue weighted by Gasteiger charge is 1.94. The van der Waals surface area contributed by atoms with Crippen LogP contribution in [0.3, 0.4) is 0 Å². The van der Waals surface area contributed by atoms with Gasteiger partial charge in [-0.2, -0.15) is 0 Å². The summed E-state index contributed by atoms with van der Waals surface area (Å²) in [5.74, 6) is 0. The second-order valence-corrected chi connectivity index (χ2v) is 3.31. The van der Waals surface area contributed by atoms with E-state index in [0.717, 1.165) is 12.0 Å². The van der Waals surface area contributed by atoms with Crippen molar-refractivity contribution >= 4 is 16.6 Å². The third-order valence-electron chi connectivity index (χ3n) is 1.81. The molecule has 0 spiro atoms. The lowest BCUT2D eigenvalue weighted by Gasteiger charge is -2.00. The Morgan fingerprint density at radius 2 is 1.92 bits per heavy atom. The average molecular weight is 181 g/mol. The van der Waals surface area contributed by atoms with Crippen LogP contribution in [0.15, 0.2) is 30.8 Å². The van der Waals surface area contributed by atoms with Gasteiger partial charge < -0.3 is 0 Å². The second-order valence-electron chi connectivity index (χ2n) is 2.85. The van der Waals surface area contributed by atoms with Crippen LogP contribution in [0.1, 0.15) is 24.5 Å². The molecular weight excluding hydrogens is 168 g/mol. The molecule has 0 N–H and O–H groups in total. The summed E-state index contributed by atoms with van der Waals surface area (Å²) in [5.41, 5.74) is 2.37. The van der Waals surface area contributed by atoms with Crippen LogP contribution in [0.25, 0.3) is 5.03 Å². The Hall–Kier alpha value is -0.750. The predicted molar refractivity (Wildman–Crippen MR) is 55.3 cm³/mol. The lowest BCUT2D eigenvalue weighted by Crippen LogP contribution is -1.83. The second kappa shape index (κ2) is 4.32. The van der Waals surface area contributed by atoms with Crippen molar-refractivity contribution < 1.29 is 0 Å². The Morgan fingerprint density at radius 1 is 1.33 bits per heavy atom. The zero-order valence-corrected chi connectivity index (χ0v) is 8.06. The summed E-state index contributed by atoms with van der Waals surface area (Å²) in [6.07, 6.45) is 2.32. The fourth-order valence-corrected chi connectivity index (χ4v) is 1.27. The zero-order chi connectivity index (χ0) is 8.97. The van der Waals surface area contributed by atoms with E-state index in [1.54, 1.807) is 0 Å². The molecule has 64 valence electrons. The first-order valence-corrected chi connectivity index (χ1v) is 4.55. The van der Waals surface area contributed by atoms with Crippen molar-refractivity contribution in [3.63, 3.8) is 0 Å². The SMILES string of the molecule is C=C(Cl)c1ccc(CCC)cc1.